The minimum absolute atomic E-state index is 0.216. The highest BCUT2D eigenvalue weighted by molar-refractivity contribution is 6.31. The number of nitrogen functional groups attached to an aromatic ring is 1. The van der Waals surface area contributed by atoms with Crippen LogP contribution >= 0.6 is 11.6 Å². The van der Waals surface area contributed by atoms with E-state index in [1.807, 2.05) is 42.3 Å². The van der Waals surface area contributed by atoms with Gasteiger partial charge in [0.1, 0.15) is 5.82 Å². The van der Waals surface area contributed by atoms with Crippen molar-refractivity contribution >= 4 is 17.3 Å². The molecule has 0 spiro atoms. The van der Waals surface area contributed by atoms with Gasteiger partial charge < -0.3 is 5.73 Å². The fourth-order valence-electron chi connectivity index (χ4n) is 1.98. The Morgan fingerprint density at radius 1 is 1.05 bits per heavy atom. The lowest BCUT2D eigenvalue weighted by molar-refractivity contribution is 0.319. The molecule has 2 aromatic rings. The molecule has 19 heavy (non-hydrogen) atoms. The molecule has 0 bridgehead atoms. The molecule has 0 aliphatic carbocycles. The first-order valence-electron chi connectivity index (χ1n) is 6.02. The fraction of sp³-hybridized carbons (Fsp3) is 0.200. The van der Waals surface area contributed by atoms with Crippen LogP contribution in [0.5, 0.6) is 0 Å². The molecule has 4 heteroatoms. The van der Waals surface area contributed by atoms with Gasteiger partial charge >= 0.3 is 0 Å². The zero-order valence-electron chi connectivity index (χ0n) is 10.7. The summed E-state index contributed by atoms with van der Waals surface area (Å²) in [6, 6.07) is 12.6. The molecule has 0 aromatic heterocycles. The van der Waals surface area contributed by atoms with Gasteiger partial charge in [-0.2, -0.15) is 0 Å². The van der Waals surface area contributed by atoms with Crippen LogP contribution in [0.1, 0.15) is 11.1 Å². The molecule has 0 amide bonds. The van der Waals surface area contributed by atoms with E-state index in [4.69, 9.17) is 17.3 Å². The first-order chi connectivity index (χ1) is 9.08. The van der Waals surface area contributed by atoms with E-state index in [9.17, 15) is 4.39 Å². The van der Waals surface area contributed by atoms with E-state index in [2.05, 4.69) is 0 Å². The van der Waals surface area contributed by atoms with E-state index in [0.29, 0.717) is 13.1 Å². The van der Waals surface area contributed by atoms with Gasteiger partial charge in [-0.25, -0.2) is 4.39 Å². The molecule has 0 aliphatic heterocycles. The highest BCUT2D eigenvalue weighted by atomic mass is 35.5. The standard InChI is InChI=1S/C15H16ClFN2/c1-19(9-11-5-2-3-7-13(11)16)10-12-6-4-8-14(17)15(12)18/h2-8H,9-10,18H2,1H3. The Labute approximate surface area is 117 Å². The Morgan fingerprint density at radius 3 is 2.42 bits per heavy atom. The minimum atomic E-state index is -0.372. The van der Waals surface area contributed by atoms with E-state index in [1.54, 1.807) is 6.07 Å². The van der Waals surface area contributed by atoms with Crippen molar-refractivity contribution in [1.82, 2.24) is 4.90 Å². The largest absolute Gasteiger partial charge is 0.396 e. The second kappa shape index (κ2) is 6.04. The highest BCUT2D eigenvalue weighted by Crippen LogP contribution is 2.20. The van der Waals surface area contributed by atoms with Crippen LogP contribution < -0.4 is 5.73 Å². The second-order valence-corrected chi connectivity index (χ2v) is 4.98. The van der Waals surface area contributed by atoms with Gasteiger partial charge in [-0.3, -0.25) is 4.90 Å². The number of nitrogens with zero attached hydrogens (tertiary/aromatic N) is 1. The van der Waals surface area contributed by atoms with Crippen molar-refractivity contribution in [2.45, 2.75) is 13.1 Å². The van der Waals surface area contributed by atoms with Crippen LogP contribution in [0.25, 0.3) is 0 Å². The third-order valence-electron chi connectivity index (χ3n) is 2.98. The average molecular weight is 279 g/mol. The molecule has 0 unspecified atom stereocenters. The van der Waals surface area contributed by atoms with Crippen LogP contribution in [0, 0.1) is 5.82 Å². The summed E-state index contributed by atoms with van der Waals surface area (Å²) in [4.78, 5) is 2.05. The predicted octanol–water partition coefficient (Wildman–Crippen LogP) is 3.69. The number of rotatable bonds is 4. The Hall–Kier alpha value is -1.58. The second-order valence-electron chi connectivity index (χ2n) is 4.58. The monoisotopic (exact) mass is 278 g/mol. The lowest BCUT2D eigenvalue weighted by atomic mass is 10.1. The van der Waals surface area contributed by atoms with Gasteiger partial charge in [0.15, 0.2) is 0 Å². The molecule has 0 saturated heterocycles. The number of hydrogen-bond donors (Lipinski definition) is 1. The molecule has 0 heterocycles. The quantitative estimate of drug-likeness (QED) is 0.864. The van der Waals surface area contributed by atoms with Crippen molar-refractivity contribution in [2.24, 2.45) is 0 Å². The lowest BCUT2D eigenvalue weighted by Gasteiger charge is -2.18. The predicted molar refractivity (Wildman–Crippen MR) is 77.4 cm³/mol. The maximum Gasteiger partial charge on any atom is 0.146 e. The van der Waals surface area contributed by atoms with E-state index >= 15 is 0 Å². The topological polar surface area (TPSA) is 29.3 Å². The molecule has 2 aromatic carbocycles. The maximum atomic E-state index is 13.4. The number of para-hydroxylation sites is 1. The summed E-state index contributed by atoms with van der Waals surface area (Å²) in [5.41, 5.74) is 7.77. The van der Waals surface area contributed by atoms with Gasteiger partial charge in [-0.05, 0) is 30.3 Å². The average Bonchev–Trinajstić information content (AvgIpc) is 2.38. The zero-order chi connectivity index (χ0) is 13.8. The summed E-state index contributed by atoms with van der Waals surface area (Å²) >= 11 is 6.12. The van der Waals surface area contributed by atoms with Crippen LogP contribution in [0.3, 0.4) is 0 Å². The van der Waals surface area contributed by atoms with Crippen LogP contribution in [0.2, 0.25) is 5.02 Å². The smallest absolute Gasteiger partial charge is 0.146 e. The van der Waals surface area contributed by atoms with Crippen molar-refractivity contribution in [1.29, 1.82) is 0 Å². The summed E-state index contributed by atoms with van der Waals surface area (Å²) in [6.07, 6.45) is 0. The molecule has 0 fully saturated rings. The van der Waals surface area contributed by atoms with Crippen molar-refractivity contribution < 1.29 is 4.39 Å². The molecule has 2 rings (SSSR count). The van der Waals surface area contributed by atoms with Crippen LogP contribution in [0.4, 0.5) is 10.1 Å². The molecule has 2 N–H and O–H groups in total. The Morgan fingerprint density at radius 2 is 1.68 bits per heavy atom. The number of hydrogen-bond acceptors (Lipinski definition) is 2. The molecule has 0 saturated carbocycles. The summed E-state index contributed by atoms with van der Waals surface area (Å²) in [6.45, 7) is 1.27. The van der Waals surface area contributed by atoms with Gasteiger partial charge in [0.25, 0.3) is 0 Å². The van der Waals surface area contributed by atoms with Gasteiger partial charge in [0.2, 0.25) is 0 Å². The van der Waals surface area contributed by atoms with E-state index in [0.717, 1.165) is 16.1 Å². The van der Waals surface area contributed by atoms with Gasteiger partial charge in [-0.1, -0.05) is 41.9 Å². The molecule has 2 nitrogen and oxygen atoms in total. The number of anilines is 1. The Balaban J connectivity index is 2.08. The summed E-state index contributed by atoms with van der Waals surface area (Å²) in [7, 11) is 1.95. The summed E-state index contributed by atoms with van der Waals surface area (Å²) in [5, 5.41) is 0.738. The zero-order valence-corrected chi connectivity index (χ0v) is 11.5. The summed E-state index contributed by atoms with van der Waals surface area (Å²) in [5.74, 6) is -0.372. The van der Waals surface area contributed by atoms with Crippen molar-refractivity contribution in [3.8, 4) is 0 Å². The Bertz CT molecular complexity index is 572. The third-order valence-corrected chi connectivity index (χ3v) is 3.35. The first-order valence-corrected chi connectivity index (χ1v) is 6.40. The highest BCUT2D eigenvalue weighted by Gasteiger charge is 2.09. The van der Waals surface area contributed by atoms with E-state index < -0.39 is 0 Å². The fourth-order valence-corrected chi connectivity index (χ4v) is 2.18. The molecular weight excluding hydrogens is 263 g/mol. The van der Waals surface area contributed by atoms with Crippen LogP contribution in [-0.4, -0.2) is 11.9 Å². The lowest BCUT2D eigenvalue weighted by Crippen LogP contribution is -2.18. The van der Waals surface area contributed by atoms with Crippen LogP contribution in [-0.2, 0) is 13.1 Å². The number of benzene rings is 2. The molecular formula is C15H16ClFN2. The van der Waals surface area contributed by atoms with E-state index in [-0.39, 0.29) is 11.5 Å². The van der Waals surface area contributed by atoms with Crippen molar-refractivity contribution in [3.05, 3.63) is 64.4 Å². The molecule has 100 valence electrons. The van der Waals surface area contributed by atoms with Crippen molar-refractivity contribution in [2.75, 3.05) is 12.8 Å². The Kier molecular flexibility index (Phi) is 4.40. The normalized spacial score (nSPS) is 10.9. The minimum Gasteiger partial charge on any atom is -0.396 e. The number of nitrogens with two attached hydrogens (primary N) is 1. The molecule has 0 atom stereocenters. The molecule has 0 radical (unpaired) electrons. The van der Waals surface area contributed by atoms with Gasteiger partial charge in [-0.15, -0.1) is 0 Å². The third kappa shape index (κ3) is 3.46. The van der Waals surface area contributed by atoms with Crippen LogP contribution in [0.15, 0.2) is 42.5 Å². The van der Waals surface area contributed by atoms with Gasteiger partial charge in [0, 0.05) is 18.1 Å². The first kappa shape index (κ1) is 13.8. The van der Waals surface area contributed by atoms with Crippen molar-refractivity contribution in [3.63, 3.8) is 0 Å². The number of halogens is 2. The van der Waals surface area contributed by atoms with Gasteiger partial charge in [0.05, 0.1) is 5.69 Å². The summed E-state index contributed by atoms with van der Waals surface area (Å²) < 4.78 is 13.4. The van der Waals surface area contributed by atoms with E-state index in [1.165, 1.54) is 6.07 Å². The maximum absolute atomic E-state index is 13.4. The SMILES string of the molecule is CN(Cc1ccccc1Cl)Cc1cccc(F)c1N. The molecule has 0 aliphatic rings.